The number of carboxylic acids is 1. The average Bonchev–Trinajstić information content (AvgIpc) is 3.32. The van der Waals surface area contributed by atoms with Crippen molar-refractivity contribution >= 4 is 29.3 Å². The van der Waals surface area contributed by atoms with Gasteiger partial charge in [-0.05, 0) is 74.4 Å². The number of thiocarbonyl (C=S) groups is 1. The Morgan fingerprint density at radius 3 is 2.60 bits per heavy atom. The van der Waals surface area contributed by atoms with Gasteiger partial charge in [0.05, 0.1) is 36.9 Å². The van der Waals surface area contributed by atoms with Gasteiger partial charge in [0.15, 0.2) is 5.11 Å². The molecule has 0 spiro atoms. The van der Waals surface area contributed by atoms with Crippen LogP contribution in [-0.4, -0.2) is 50.3 Å². The number of benzene rings is 1. The van der Waals surface area contributed by atoms with E-state index in [9.17, 15) is 14.7 Å². The first-order valence-electron chi connectivity index (χ1n) is 11.3. The standard InChI is InChI=1S/C26H28N4O4S/c1-15-8-9-18(25(32)33)14-21(15)30-16(2)13-19(17(30)3)24-23(20-7-5-6-11-27-20)28-26(35)29(24)12-10-22(31)34-4/h5-9,11,13-14,23-24H,10,12H2,1-4H3,(H,28,35)(H,32,33). The van der Waals surface area contributed by atoms with Crippen LogP contribution < -0.4 is 5.32 Å². The molecule has 2 atom stereocenters. The van der Waals surface area contributed by atoms with Gasteiger partial charge in [0.2, 0.25) is 0 Å². The number of carbonyl (C=O) groups excluding carboxylic acids is 1. The topological polar surface area (TPSA) is 96.7 Å². The van der Waals surface area contributed by atoms with Crippen LogP contribution in [0.15, 0.2) is 48.7 Å². The summed E-state index contributed by atoms with van der Waals surface area (Å²) in [6, 6.07) is 12.6. The number of hydrogen-bond donors (Lipinski definition) is 2. The fraction of sp³-hybridized carbons (Fsp3) is 0.308. The van der Waals surface area contributed by atoms with Crippen LogP contribution in [0.4, 0.5) is 0 Å². The molecule has 1 aromatic carbocycles. The number of carbonyl (C=O) groups is 2. The van der Waals surface area contributed by atoms with Crippen molar-refractivity contribution in [3.8, 4) is 5.69 Å². The first-order valence-corrected chi connectivity index (χ1v) is 11.7. The Morgan fingerprint density at radius 1 is 1.17 bits per heavy atom. The number of aromatic nitrogens is 2. The van der Waals surface area contributed by atoms with Gasteiger partial charge in [0.1, 0.15) is 0 Å². The molecule has 1 fully saturated rings. The lowest BCUT2D eigenvalue weighted by Gasteiger charge is -2.28. The number of methoxy groups -OCH3 is 1. The predicted molar refractivity (Wildman–Crippen MR) is 136 cm³/mol. The highest BCUT2D eigenvalue weighted by atomic mass is 32.1. The van der Waals surface area contributed by atoms with Gasteiger partial charge >= 0.3 is 11.9 Å². The van der Waals surface area contributed by atoms with Gasteiger partial charge in [0.25, 0.3) is 0 Å². The number of aromatic carboxylic acids is 1. The molecule has 8 nitrogen and oxygen atoms in total. The molecule has 35 heavy (non-hydrogen) atoms. The van der Waals surface area contributed by atoms with Gasteiger partial charge in [-0.3, -0.25) is 9.78 Å². The summed E-state index contributed by atoms with van der Waals surface area (Å²) in [5.74, 6) is -1.28. The predicted octanol–water partition coefficient (Wildman–Crippen LogP) is 4.03. The highest BCUT2D eigenvalue weighted by molar-refractivity contribution is 7.80. The number of aryl methyl sites for hydroxylation is 2. The van der Waals surface area contributed by atoms with E-state index in [4.69, 9.17) is 17.0 Å². The van der Waals surface area contributed by atoms with E-state index in [0.29, 0.717) is 11.7 Å². The molecular weight excluding hydrogens is 464 g/mol. The number of hydrogen-bond acceptors (Lipinski definition) is 5. The number of pyridine rings is 1. The minimum absolute atomic E-state index is 0.197. The lowest BCUT2D eigenvalue weighted by Crippen LogP contribution is -2.32. The molecule has 1 aliphatic heterocycles. The zero-order valence-corrected chi connectivity index (χ0v) is 20.9. The van der Waals surface area contributed by atoms with Crippen molar-refractivity contribution < 1.29 is 19.4 Å². The molecule has 0 saturated carbocycles. The third-order valence-electron chi connectivity index (χ3n) is 6.47. The Bertz CT molecular complexity index is 1290. The van der Waals surface area contributed by atoms with Crippen LogP contribution >= 0.6 is 12.2 Å². The molecule has 2 unspecified atom stereocenters. The lowest BCUT2D eigenvalue weighted by molar-refractivity contribution is -0.140. The molecule has 182 valence electrons. The van der Waals surface area contributed by atoms with Crippen LogP contribution in [0.5, 0.6) is 0 Å². The number of nitrogens with zero attached hydrogens (tertiary/aromatic N) is 3. The van der Waals surface area contributed by atoms with E-state index in [0.717, 1.165) is 33.9 Å². The second kappa shape index (κ2) is 9.87. The largest absolute Gasteiger partial charge is 0.478 e. The van der Waals surface area contributed by atoms with E-state index in [1.54, 1.807) is 18.3 Å². The van der Waals surface area contributed by atoms with E-state index < -0.39 is 5.97 Å². The van der Waals surface area contributed by atoms with Crippen LogP contribution in [0.3, 0.4) is 0 Å². The highest BCUT2D eigenvalue weighted by Crippen LogP contribution is 2.41. The monoisotopic (exact) mass is 492 g/mol. The first-order chi connectivity index (χ1) is 16.7. The summed E-state index contributed by atoms with van der Waals surface area (Å²) >= 11 is 5.69. The molecule has 0 bridgehead atoms. The fourth-order valence-electron chi connectivity index (χ4n) is 4.74. The van der Waals surface area contributed by atoms with Crippen LogP contribution in [-0.2, 0) is 9.53 Å². The van der Waals surface area contributed by atoms with Crippen molar-refractivity contribution in [2.24, 2.45) is 0 Å². The summed E-state index contributed by atoms with van der Waals surface area (Å²) in [5.41, 5.74) is 5.81. The van der Waals surface area contributed by atoms with Gasteiger partial charge < -0.3 is 24.6 Å². The summed E-state index contributed by atoms with van der Waals surface area (Å²) in [5, 5.41) is 13.5. The third kappa shape index (κ3) is 4.64. The van der Waals surface area contributed by atoms with Crippen molar-refractivity contribution in [1.29, 1.82) is 0 Å². The zero-order valence-electron chi connectivity index (χ0n) is 20.1. The molecule has 0 amide bonds. The van der Waals surface area contributed by atoms with E-state index in [-0.39, 0.29) is 30.0 Å². The minimum atomic E-state index is -0.969. The Balaban J connectivity index is 1.83. The number of rotatable bonds is 7. The molecule has 2 N–H and O–H groups in total. The maximum Gasteiger partial charge on any atom is 0.335 e. The highest BCUT2D eigenvalue weighted by Gasteiger charge is 2.41. The van der Waals surface area contributed by atoms with Crippen LogP contribution in [0.2, 0.25) is 0 Å². The average molecular weight is 493 g/mol. The van der Waals surface area contributed by atoms with Crippen LogP contribution in [0.1, 0.15) is 57.1 Å². The van der Waals surface area contributed by atoms with Crippen molar-refractivity contribution in [2.45, 2.75) is 39.3 Å². The molecule has 0 radical (unpaired) electrons. The molecule has 3 heterocycles. The Kier molecular flexibility index (Phi) is 6.88. The second-order valence-corrected chi connectivity index (χ2v) is 9.00. The molecule has 1 saturated heterocycles. The summed E-state index contributed by atoms with van der Waals surface area (Å²) in [4.78, 5) is 30.1. The molecule has 1 aliphatic rings. The summed E-state index contributed by atoms with van der Waals surface area (Å²) in [6.07, 6.45) is 1.94. The van der Waals surface area contributed by atoms with Gasteiger partial charge in [-0.25, -0.2) is 4.79 Å². The van der Waals surface area contributed by atoms with Crippen molar-refractivity contribution in [1.82, 2.24) is 19.8 Å². The SMILES string of the molecule is COC(=O)CCN1C(=S)NC(c2ccccn2)C1c1cc(C)n(-c2cc(C(=O)O)ccc2C)c1C. The minimum Gasteiger partial charge on any atom is -0.478 e. The van der Waals surface area contributed by atoms with Crippen molar-refractivity contribution in [2.75, 3.05) is 13.7 Å². The molecule has 2 aromatic heterocycles. The molecule has 3 aromatic rings. The van der Waals surface area contributed by atoms with E-state index in [1.165, 1.54) is 7.11 Å². The first kappa shape index (κ1) is 24.4. The van der Waals surface area contributed by atoms with Crippen molar-refractivity contribution in [3.63, 3.8) is 0 Å². The number of nitrogens with one attached hydrogen (secondary N) is 1. The normalized spacial score (nSPS) is 17.4. The fourth-order valence-corrected chi connectivity index (χ4v) is 5.07. The summed E-state index contributed by atoms with van der Waals surface area (Å²) < 4.78 is 6.93. The molecule has 9 heteroatoms. The quantitative estimate of drug-likeness (QED) is 0.377. The Morgan fingerprint density at radius 2 is 1.94 bits per heavy atom. The Labute approximate surface area is 209 Å². The maximum atomic E-state index is 11.9. The van der Waals surface area contributed by atoms with Crippen LogP contribution in [0, 0.1) is 20.8 Å². The smallest absolute Gasteiger partial charge is 0.335 e. The molecule has 0 aliphatic carbocycles. The Hall–Kier alpha value is -3.72. The number of esters is 1. The maximum absolute atomic E-state index is 11.9. The third-order valence-corrected chi connectivity index (χ3v) is 6.82. The van der Waals surface area contributed by atoms with E-state index in [1.807, 2.05) is 49.9 Å². The van der Waals surface area contributed by atoms with Gasteiger partial charge in [0, 0.05) is 29.8 Å². The summed E-state index contributed by atoms with van der Waals surface area (Å²) in [7, 11) is 1.37. The zero-order chi connectivity index (χ0) is 25.3. The lowest BCUT2D eigenvalue weighted by atomic mass is 9.96. The van der Waals surface area contributed by atoms with Gasteiger partial charge in [-0.2, -0.15) is 0 Å². The number of ether oxygens (including phenoxy) is 1. The molecular formula is C26H28N4O4S. The van der Waals surface area contributed by atoms with Crippen LogP contribution in [0.25, 0.3) is 5.69 Å². The summed E-state index contributed by atoms with van der Waals surface area (Å²) in [6.45, 7) is 6.37. The van der Waals surface area contributed by atoms with Gasteiger partial charge in [-0.1, -0.05) is 12.1 Å². The van der Waals surface area contributed by atoms with Crippen molar-refractivity contribution in [3.05, 3.63) is 82.4 Å². The van der Waals surface area contributed by atoms with E-state index >= 15 is 0 Å². The van der Waals surface area contributed by atoms with Gasteiger partial charge in [-0.15, -0.1) is 0 Å². The number of carboxylic acid groups (broad SMARTS) is 1. The second-order valence-electron chi connectivity index (χ2n) is 8.61. The molecule has 4 rings (SSSR count). The van der Waals surface area contributed by atoms with E-state index in [2.05, 4.69) is 20.9 Å².